The van der Waals surface area contributed by atoms with Crippen LogP contribution >= 0.6 is 0 Å². The molecular formula is C14H22N2O. The number of anilines is 1. The number of rotatable bonds is 5. The number of nitrogen functional groups attached to an aromatic ring is 1. The van der Waals surface area contributed by atoms with Crippen LogP contribution in [0.4, 0.5) is 5.69 Å². The topological polar surface area (TPSA) is 46.3 Å². The fourth-order valence-corrected chi connectivity index (χ4v) is 1.81. The van der Waals surface area contributed by atoms with E-state index in [1.807, 2.05) is 43.0 Å². The van der Waals surface area contributed by atoms with Crippen molar-refractivity contribution in [2.24, 2.45) is 5.92 Å². The average Bonchev–Trinajstić information content (AvgIpc) is 2.27. The minimum absolute atomic E-state index is 0.0441. The van der Waals surface area contributed by atoms with E-state index < -0.39 is 0 Å². The summed E-state index contributed by atoms with van der Waals surface area (Å²) in [5, 5.41) is 0. The summed E-state index contributed by atoms with van der Waals surface area (Å²) in [6.07, 6.45) is 0.973. The van der Waals surface area contributed by atoms with Crippen LogP contribution in [0.5, 0.6) is 0 Å². The van der Waals surface area contributed by atoms with Gasteiger partial charge in [-0.1, -0.05) is 32.9 Å². The third kappa shape index (κ3) is 4.10. The first-order valence-electron chi connectivity index (χ1n) is 6.17. The molecule has 3 nitrogen and oxygen atoms in total. The SMILES string of the molecule is CCCN(Cc1cccc(N)c1)C(=O)C(C)C. The summed E-state index contributed by atoms with van der Waals surface area (Å²) >= 11 is 0. The fraction of sp³-hybridized carbons (Fsp3) is 0.500. The lowest BCUT2D eigenvalue weighted by Crippen LogP contribution is -2.34. The van der Waals surface area contributed by atoms with Gasteiger partial charge < -0.3 is 10.6 Å². The Morgan fingerprint density at radius 1 is 1.41 bits per heavy atom. The van der Waals surface area contributed by atoms with E-state index in [0.717, 1.165) is 24.2 Å². The van der Waals surface area contributed by atoms with Crippen LogP contribution in [0.15, 0.2) is 24.3 Å². The molecular weight excluding hydrogens is 212 g/mol. The highest BCUT2D eigenvalue weighted by molar-refractivity contribution is 5.78. The Labute approximate surface area is 104 Å². The van der Waals surface area contributed by atoms with Crippen LogP contribution in [0.1, 0.15) is 32.8 Å². The minimum Gasteiger partial charge on any atom is -0.399 e. The monoisotopic (exact) mass is 234 g/mol. The van der Waals surface area contributed by atoms with Crippen LogP contribution in [-0.2, 0) is 11.3 Å². The van der Waals surface area contributed by atoms with Crippen molar-refractivity contribution in [3.05, 3.63) is 29.8 Å². The van der Waals surface area contributed by atoms with Gasteiger partial charge in [-0.05, 0) is 24.1 Å². The van der Waals surface area contributed by atoms with Crippen LogP contribution in [0.3, 0.4) is 0 Å². The van der Waals surface area contributed by atoms with Crippen molar-refractivity contribution >= 4 is 11.6 Å². The molecule has 0 saturated heterocycles. The Kier molecular flexibility index (Phi) is 5.01. The molecule has 0 aliphatic rings. The summed E-state index contributed by atoms with van der Waals surface area (Å²) < 4.78 is 0. The summed E-state index contributed by atoms with van der Waals surface area (Å²) in [4.78, 5) is 13.9. The Bertz CT molecular complexity index is 374. The maximum atomic E-state index is 12.0. The number of hydrogen-bond acceptors (Lipinski definition) is 2. The van der Waals surface area contributed by atoms with E-state index in [2.05, 4.69) is 6.92 Å². The highest BCUT2D eigenvalue weighted by atomic mass is 16.2. The molecule has 1 aromatic carbocycles. The maximum Gasteiger partial charge on any atom is 0.225 e. The molecule has 0 atom stereocenters. The summed E-state index contributed by atoms with van der Waals surface area (Å²) in [6, 6.07) is 7.72. The maximum absolute atomic E-state index is 12.0. The Morgan fingerprint density at radius 3 is 2.65 bits per heavy atom. The molecule has 0 aliphatic carbocycles. The highest BCUT2D eigenvalue weighted by Gasteiger charge is 2.16. The molecule has 0 fully saturated rings. The predicted molar refractivity (Wildman–Crippen MR) is 71.4 cm³/mol. The third-order valence-corrected chi connectivity index (χ3v) is 2.62. The standard InChI is InChI=1S/C14H22N2O/c1-4-8-16(14(17)11(2)3)10-12-6-5-7-13(15)9-12/h5-7,9,11H,4,8,10,15H2,1-3H3. The van der Waals surface area contributed by atoms with Gasteiger partial charge in [-0.25, -0.2) is 0 Å². The van der Waals surface area contributed by atoms with Gasteiger partial charge in [-0.15, -0.1) is 0 Å². The lowest BCUT2D eigenvalue weighted by Gasteiger charge is -2.24. The van der Waals surface area contributed by atoms with Crippen molar-refractivity contribution in [2.45, 2.75) is 33.7 Å². The highest BCUT2D eigenvalue weighted by Crippen LogP contribution is 2.12. The van der Waals surface area contributed by atoms with Gasteiger partial charge >= 0.3 is 0 Å². The first kappa shape index (κ1) is 13.6. The molecule has 0 aromatic heterocycles. The molecule has 1 amide bonds. The number of carbonyl (C=O) groups is 1. The van der Waals surface area contributed by atoms with Crippen LogP contribution in [0, 0.1) is 5.92 Å². The predicted octanol–water partition coefficient (Wildman–Crippen LogP) is 2.66. The van der Waals surface area contributed by atoms with Gasteiger partial charge in [0.2, 0.25) is 5.91 Å². The zero-order valence-electron chi connectivity index (χ0n) is 10.9. The van der Waals surface area contributed by atoms with E-state index in [0.29, 0.717) is 6.54 Å². The number of hydrogen-bond donors (Lipinski definition) is 1. The molecule has 17 heavy (non-hydrogen) atoms. The zero-order chi connectivity index (χ0) is 12.8. The largest absolute Gasteiger partial charge is 0.399 e. The summed E-state index contributed by atoms with van der Waals surface area (Å²) in [5.41, 5.74) is 7.58. The fourth-order valence-electron chi connectivity index (χ4n) is 1.81. The van der Waals surface area contributed by atoms with Crippen molar-refractivity contribution in [3.63, 3.8) is 0 Å². The molecule has 1 aromatic rings. The summed E-state index contributed by atoms with van der Waals surface area (Å²) in [6.45, 7) is 7.40. The zero-order valence-corrected chi connectivity index (χ0v) is 10.9. The van der Waals surface area contributed by atoms with Crippen LogP contribution < -0.4 is 5.73 Å². The van der Waals surface area contributed by atoms with Crippen molar-refractivity contribution in [1.82, 2.24) is 4.90 Å². The minimum atomic E-state index is 0.0441. The van der Waals surface area contributed by atoms with Gasteiger partial charge in [-0.2, -0.15) is 0 Å². The van der Waals surface area contributed by atoms with Crippen molar-refractivity contribution in [1.29, 1.82) is 0 Å². The normalized spacial score (nSPS) is 10.6. The van der Waals surface area contributed by atoms with Crippen LogP contribution in [0.25, 0.3) is 0 Å². The smallest absolute Gasteiger partial charge is 0.225 e. The Hall–Kier alpha value is -1.51. The second-order valence-corrected chi connectivity index (χ2v) is 4.66. The molecule has 3 heteroatoms. The summed E-state index contributed by atoms with van der Waals surface area (Å²) in [5.74, 6) is 0.247. The van der Waals surface area contributed by atoms with Crippen LogP contribution in [0.2, 0.25) is 0 Å². The van der Waals surface area contributed by atoms with Gasteiger partial charge in [0.15, 0.2) is 0 Å². The first-order valence-corrected chi connectivity index (χ1v) is 6.17. The molecule has 0 saturated carbocycles. The van der Waals surface area contributed by atoms with E-state index in [1.165, 1.54) is 0 Å². The average molecular weight is 234 g/mol. The molecule has 1 rings (SSSR count). The van der Waals surface area contributed by atoms with Gasteiger partial charge in [0.1, 0.15) is 0 Å². The molecule has 0 radical (unpaired) electrons. The summed E-state index contributed by atoms with van der Waals surface area (Å²) in [7, 11) is 0. The third-order valence-electron chi connectivity index (χ3n) is 2.62. The molecule has 0 aliphatic heterocycles. The lowest BCUT2D eigenvalue weighted by molar-refractivity contribution is -0.135. The molecule has 94 valence electrons. The molecule has 0 heterocycles. The van der Waals surface area contributed by atoms with E-state index in [-0.39, 0.29) is 11.8 Å². The number of nitrogens with two attached hydrogens (primary N) is 1. The molecule has 0 unspecified atom stereocenters. The molecule has 2 N–H and O–H groups in total. The number of carbonyl (C=O) groups excluding carboxylic acids is 1. The van der Waals surface area contributed by atoms with Crippen molar-refractivity contribution in [2.75, 3.05) is 12.3 Å². The second kappa shape index (κ2) is 6.28. The quantitative estimate of drug-likeness (QED) is 0.796. The van der Waals surface area contributed by atoms with E-state index in [1.54, 1.807) is 0 Å². The first-order chi connectivity index (χ1) is 8.04. The van der Waals surface area contributed by atoms with Gasteiger partial charge in [-0.3, -0.25) is 4.79 Å². The number of benzene rings is 1. The van der Waals surface area contributed by atoms with Crippen molar-refractivity contribution in [3.8, 4) is 0 Å². The second-order valence-electron chi connectivity index (χ2n) is 4.66. The van der Waals surface area contributed by atoms with Gasteiger partial charge in [0.05, 0.1) is 0 Å². The van der Waals surface area contributed by atoms with Gasteiger partial charge in [0, 0.05) is 24.7 Å². The van der Waals surface area contributed by atoms with E-state index in [4.69, 9.17) is 5.73 Å². The molecule has 0 bridgehead atoms. The van der Waals surface area contributed by atoms with Crippen molar-refractivity contribution < 1.29 is 4.79 Å². The number of nitrogens with zero attached hydrogens (tertiary/aromatic N) is 1. The lowest BCUT2D eigenvalue weighted by atomic mass is 10.1. The van der Waals surface area contributed by atoms with E-state index in [9.17, 15) is 4.79 Å². The van der Waals surface area contributed by atoms with Gasteiger partial charge in [0.25, 0.3) is 0 Å². The number of amides is 1. The molecule has 0 spiro atoms. The van der Waals surface area contributed by atoms with Crippen LogP contribution in [-0.4, -0.2) is 17.4 Å². The van der Waals surface area contributed by atoms with E-state index >= 15 is 0 Å². The Morgan fingerprint density at radius 2 is 2.12 bits per heavy atom. The Balaban J connectivity index is 2.76.